The van der Waals surface area contributed by atoms with Crippen LogP contribution in [0.5, 0.6) is 0 Å². The molecule has 164 valence electrons. The van der Waals surface area contributed by atoms with E-state index in [9.17, 15) is 18.0 Å². The number of alkyl halides is 3. The minimum Gasteiger partial charge on any atom is -0.395 e. The first-order chi connectivity index (χ1) is 15.4. The van der Waals surface area contributed by atoms with Gasteiger partial charge in [-0.2, -0.15) is 13.2 Å². The molecule has 0 radical (unpaired) electrons. The van der Waals surface area contributed by atoms with Gasteiger partial charge in [-0.1, -0.05) is 36.4 Å². The largest absolute Gasteiger partial charge is 0.417 e. The first-order valence-corrected chi connectivity index (χ1v) is 9.78. The molecule has 0 saturated carbocycles. The molecule has 4 aromatic rings. The summed E-state index contributed by atoms with van der Waals surface area (Å²) in [6.45, 7) is -0.282. The summed E-state index contributed by atoms with van der Waals surface area (Å²) in [5, 5.41) is 14.3. The fourth-order valence-electron chi connectivity index (χ4n) is 3.41. The molecule has 0 unspecified atom stereocenters. The molecule has 6 nitrogen and oxygen atoms in total. The summed E-state index contributed by atoms with van der Waals surface area (Å²) in [6.07, 6.45) is -4.78. The molecule has 3 N–H and O–H groups in total. The number of hydrogen-bond donors (Lipinski definition) is 3. The fraction of sp³-hybridized carbons (Fsp3) is 0.130. The number of aromatic nitrogens is 2. The van der Waals surface area contributed by atoms with Crippen molar-refractivity contribution >= 4 is 28.4 Å². The zero-order valence-corrected chi connectivity index (χ0v) is 16.7. The molecular weight excluding hydrogens is 421 g/mol. The molecule has 9 heteroatoms. The molecule has 0 fully saturated rings. The Morgan fingerprint density at radius 1 is 0.969 bits per heavy atom. The molecular formula is C23H19F3N4O2. The molecule has 4 rings (SSSR count). The van der Waals surface area contributed by atoms with Gasteiger partial charge in [0, 0.05) is 24.0 Å². The van der Waals surface area contributed by atoms with Crippen LogP contribution < -0.4 is 16.1 Å². The molecule has 0 aliphatic heterocycles. The van der Waals surface area contributed by atoms with E-state index >= 15 is 0 Å². The lowest BCUT2D eigenvalue weighted by atomic mass is 10.1. The van der Waals surface area contributed by atoms with Gasteiger partial charge in [-0.15, -0.1) is 0 Å². The molecule has 0 bridgehead atoms. The maximum absolute atomic E-state index is 13.9. The Kier molecular flexibility index (Phi) is 5.83. The summed E-state index contributed by atoms with van der Waals surface area (Å²) in [7, 11) is 0. The number of pyridine rings is 2. The van der Waals surface area contributed by atoms with Gasteiger partial charge in [0.2, 0.25) is 0 Å². The third kappa shape index (κ3) is 4.28. The average Bonchev–Trinajstić information content (AvgIpc) is 2.78. The Morgan fingerprint density at radius 3 is 2.25 bits per heavy atom. The lowest BCUT2D eigenvalue weighted by Gasteiger charge is -2.20. The lowest BCUT2D eigenvalue weighted by molar-refractivity contribution is -0.136. The van der Waals surface area contributed by atoms with Crippen LogP contribution in [0.3, 0.4) is 0 Å². The van der Waals surface area contributed by atoms with E-state index in [4.69, 9.17) is 5.11 Å². The van der Waals surface area contributed by atoms with Crippen LogP contribution in [0.25, 0.3) is 16.7 Å². The summed E-state index contributed by atoms with van der Waals surface area (Å²) >= 11 is 0. The van der Waals surface area contributed by atoms with Gasteiger partial charge in [0.1, 0.15) is 11.6 Å². The van der Waals surface area contributed by atoms with E-state index in [1.54, 1.807) is 54.6 Å². The van der Waals surface area contributed by atoms with Crippen molar-refractivity contribution in [1.29, 1.82) is 0 Å². The van der Waals surface area contributed by atoms with Gasteiger partial charge in [0.05, 0.1) is 17.6 Å². The number of hydrogen-bond acceptors (Lipinski definition) is 5. The molecule has 0 saturated heterocycles. The average molecular weight is 440 g/mol. The van der Waals surface area contributed by atoms with Crippen LogP contribution in [0.1, 0.15) is 5.56 Å². The van der Waals surface area contributed by atoms with Gasteiger partial charge in [-0.05, 0) is 30.3 Å². The minimum absolute atomic E-state index is 0.00727. The van der Waals surface area contributed by atoms with Crippen molar-refractivity contribution in [2.45, 2.75) is 6.18 Å². The number of nitrogens with one attached hydrogen (secondary N) is 2. The number of benzene rings is 2. The predicted molar refractivity (Wildman–Crippen MR) is 118 cm³/mol. The Morgan fingerprint density at radius 2 is 1.62 bits per heavy atom. The maximum Gasteiger partial charge on any atom is 0.417 e. The lowest BCUT2D eigenvalue weighted by Crippen LogP contribution is -2.19. The number of aliphatic hydroxyl groups excluding tert-OH is 1. The minimum atomic E-state index is -4.78. The first-order valence-electron chi connectivity index (χ1n) is 9.78. The molecule has 2 heterocycles. The van der Waals surface area contributed by atoms with Gasteiger partial charge in [-0.25, -0.2) is 4.98 Å². The summed E-state index contributed by atoms with van der Waals surface area (Å²) in [6, 6.07) is 19.6. The van der Waals surface area contributed by atoms with Crippen molar-refractivity contribution < 1.29 is 18.3 Å². The molecule has 2 aromatic heterocycles. The number of halogens is 3. The second-order valence-electron chi connectivity index (χ2n) is 6.96. The van der Waals surface area contributed by atoms with Gasteiger partial charge in [-0.3, -0.25) is 9.36 Å². The second-order valence-corrected chi connectivity index (χ2v) is 6.96. The van der Waals surface area contributed by atoms with Crippen LogP contribution in [-0.2, 0) is 6.18 Å². The smallest absolute Gasteiger partial charge is 0.395 e. The Bertz CT molecular complexity index is 1290. The predicted octanol–water partition coefficient (Wildman–Crippen LogP) is 4.55. The highest BCUT2D eigenvalue weighted by Crippen LogP contribution is 2.36. The van der Waals surface area contributed by atoms with Gasteiger partial charge < -0.3 is 15.7 Å². The SMILES string of the molecule is O=c1cc(Nc2ccccc2)n(-c2ccccc2)c2nc(NCCO)cc(C(F)(F)F)c12. The van der Waals surface area contributed by atoms with Crippen LogP contribution in [0.4, 0.5) is 30.5 Å². The van der Waals surface area contributed by atoms with Crippen molar-refractivity contribution in [3.05, 3.63) is 88.6 Å². The monoisotopic (exact) mass is 440 g/mol. The van der Waals surface area contributed by atoms with E-state index in [0.29, 0.717) is 11.4 Å². The zero-order valence-electron chi connectivity index (χ0n) is 16.7. The van der Waals surface area contributed by atoms with Crippen molar-refractivity contribution in [2.75, 3.05) is 23.8 Å². The standard InChI is InChI=1S/C23H19F3N4O2/c24-23(25,26)17-13-19(27-11-12-31)29-22-21(17)18(32)14-20(28-15-7-3-1-4-8-15)30(22)16-9-5-2-6-10-16/h1-10,13-14,28,31H,11-12H2,(H,27,29). The van der Waals surface area contributed by atoms with E-state index in [1.807, 2.05) is 6.07 Å². The molecule has 2 aromatic carbocycles. The van der Waals surface area contributed by atoms with E-state index in [2.05, 4.69) is 15.6 Å². The van der Waals surface area contributed by atoms with Crippen molar-refractivity contribution in [2.24, 2.45) is 0 Å². The number of nitrogens with zero attached hydrogens (tertiary/aromatic N) is 2. The van der Waals surface area contributed by atoms with Crippen molar-refractivity contribution in [1.82, 2.24) is 9.55 Å². The van der Waals surface area contributed by atoms with Crippen molar-refractivity contribution in [3.63, 3.8) is 0 Å². The normalized spacial score (nSPS) is 11.5. The third-order valence-electron chi connectivity index (χ3n) is 4.75. The van der Waals surface area contributed by atoms with E-state index < -0.39 is 22.6 Å². The number of fused-ring (bicyclic) bond motifs is 1. The molecule has 0 atom stereocenters. The molecule has 32 heavy (non-hydrogen) atoms. The van der Waals surface area contributed by atoms with Gasteiger partial charge in [0.15, 0.2) is 11.1 Å². The van der Waals surface area contributed by atoms with E-state index in [-0.39, 0.29) is 30.4 Å². The van der Waals surface area contributed by atoms with Crippen LogP contribution in [-0.4, -0.2) is 27.8 Å². The third-order valence-corrected chi connectivity index (χ3v) is 4.75. The summed E-state index contributed by atoms with van der Waals surface area (Å²) < 4.78 is 43.2. The van der Waals surface area contributed by atoms with Crippen molar-refractivity contribution in [3.8, 4) is 5.69 Å². The van der Waals surface area contributed by atoms with E-state index in [0.717, 1.165) is 12.1 Å². The van der Waals surface area contributed by atoms with Crippen LogP contribution in [0, 0.1) is 0 Å². The number of anilines is 3. The highest BCUT2D eigenvalue weighted by Gasteiger charge is 2.35. The topological polar surface area (TPSA) is 79.2 Å². The first kappa shape index (κ1) is 21.4. The summed E-state index contributed by atoms with van der Waals surface area (Å²) in [5.74, 6) is 0.166. The van der Waals surface area contributed by atoms with Crippen LogP contribution in [0.2, 0.25) is 0 Å². The number of para-hydroxylation sites is 2. The highest BCUT2D eigenvalue weighted by molar-refractivity contribution is 5.86. The van der Waals surface area contributed by atoms with Crippen LogP contribution >= 0.6 is 0 Å². The van der Waals surface area contributed by atoms with Crippen LogP contribution in [0.15, 0.2) is 77.6 Å². The van der Waals surface area contributed by atoms with Gasteiger partial charge in [0.25, 0.3) is 0 Å². The van der Waals surface area contributed by atoms with E-state index in [1.165, 1.54) is 4.57 Å². The Hall–Kier alpha value is -3.85. The molecule has 0 amide bonds. The summed E-state index contributed by atoms with van der Waals surface area (Å²) in [4.78, 5) is 17.2. The summed E-state index contributed by atoms with van der Waals surface area (Å²) in [5.41, 5.74) is -0.877. The maximum atomic E-state index is 13.9. The molecule has 0 aliphatic carbocycles. The van der Waals surface area contributed by atoms with Gasteiger partial charge >= 0.3 is 6.18 Å². The fourth-order valence-corrected chi connectivity index (χ4v) is 3.41. The highest BCUT2D eigenvalue weighted by atomic mass is 19.4. The zero-order chi connectivity index (χ0) is 22.7. The molecule has 0 aliphatic rings. The Labute approximate surface area is 181 Å². The quantitative estimate of drug-likeness (QED) is 0.410. The molecule has 0 spiro atoms. The number of rotatable bonds is 6. The number of aliphatic hydroxyl groups is 1. The second kappa shape index (κ2) is 8.72. The Balaban J connectivity index is 2.07.